The number of carbonyl (C=O) groups is 1. The summed E-state index contributed by atoms with van der Waals surface area (Å²) in [6.45, 7) is 6.42. The van der Waals surface area contributed by atoms with Gasteiger partial charge in [0.05, 0.1) is 6.54 Å². The number of carbonyl (C=O) groups excluding carboxylic acids is 1. The van der Waals surface area contributed by atoms with Gasteiger partial charge in [-0.15, -0.1) is 0 Å². The molecule has 4 rings (SSSR count). The zero-order chi connectivity index (χ0) is 26.7. The van der Waals surface area contributed by atoms with E-state index in [-0.39, 0.29) is 24.3 Å². The summed E-state index contributed by atoms with van der Waals surface area (Å²) >= 11 is 0. The minimum absolute atomic E-state index is 0.130. The van der Waals surface area contributed by atoms with E-state index >= 15 is 0 Å². The molecule has 0 spiro atoms. The standard InChI is InChI=1S/C30H46N4O4/c1-2-3-4-5-6-7-8-16-28(35)38-24(23-34-29(36)25-13-9-10-14-26(25)30(34)37)22-32-18-20-33(21-19-32)27-15-11-12-17-31-27/h11-12,15,17,24,36-37H,2-10,13-14,16,18-23H2,1H3. The first-order valence-corrected chi connectivity index (χ1v) is 14.8. The number of anilines is 1. The van der Waals surface area contributed by atoms with Crippen LogP contribution in [0.2, 0.25) is 0 Å². The Kier molecular flexibility index (Phi) is 10.7. The number of pyridine rings is 1. The lowest BCUT2D eigenvalue weighted by Crippen LogP contribution is -2.49. The molecule has 2 aromatic rings. The van der Waals surface area contributed by atoms with E-state index in [0.29, 0.717) is 13.0 Å². The summed E-state index contributed by atoms with van der Waals surface area (Å²) in [7, 11) is 0. The molecule has 1 unspecified atom stereocenters. The molecule has 8 nitrogen and oxygen atoms in total. The highest BCUT2D eigenvalue weighted by Gasteiger charge is 2.29. The first-order valence-electron chi connectivity index (χ1n) is 14.8. The van der Waals surface area contributed by atoms with Crippen molar-refractivity contribution >= 4 is 11.8 Å². The van der Waals surface area contributed by atoms with Crippen LogP contribution in [0.4, 0.5) is 5.82 Å². The maximum Gasteiger partial charge on any atom is 0.306 e. The maximum atomic E-state index is 12.8. The van der Waals surface area contributed by atoms with Crippen LogP contribution in [-0.2, 0) is 28.9 Å². The van der Waals surface area contributed by atoms with Gasteiger partial charge in [-0.3, -0.25) is 14.3 Å². The minimum Gasteiger partial charge on any atom is -0.494 e. The first-order chi connectivity index (χ1) is 18.6. The van der Waals surface area contributed by atoms with Crippen molar-refractivity contribution in [3.63, 3.8) is 0 Å². The van der Waals surface area contributed by atoms with E-state index in [1.165, 1.54) is 25.7 Å². The number of hydrogen-bond acceptors (Lipinski definition) is 7. The van der Waals surface area contributed by atoms with E-state index in [0.717, 1.165) is 88.1 Å². The van der Waals surface area contributed by atoms with Crippen molar-refractivity contribution in [3.8, 4) is 11.8 Å². The third-order valence-electron chi connectivity index (χ3n) is 8.00. The van der Waals surface area contributed by atoms with Gasteiger partial charge < -0.3 is 19.8 Å². The van der Waals surface area contributed by atoms with Gasteiger partial charge in [0.2, 0.25) is 0 Å². The van der Waals surface area contributed by atoms with Crippen molar-refractivity contribution in [3.05, 3.63) is 35.5 Å². The molecule has 0 saturated carbocycles. The van der Waals surface area contributed by atoms with E-state index < -0.39 is 6.10 Å². The Labute approximate surface area is 227 Å². The number of rotatable bonds is 14. The van der Waals surface area contributed by atoms with Gasteiger partial charge >= 0.3 is 5.97 Å². The molecule has 1 aliphatic carbocycles. The van der Waals surface area contributed by atoms with Gasteiger partial charge in [0.1, 0.15) is 11.9 Å². The van der Waals surface area contributed by atoms with Crippen LogP contribution >= 0.6 is 0 Å². The van der Waals surface area contributed by atoms with Crippen molar-refractivity contribution in [1.82, 2.24) is 14.5 Å². The molecule has 210 valence electrons. The molecule has 0 aromatic carbocycles. The number of nitrogens with zero attached hydrogens (tertiary/aromatic N) is 4. The Morgan fingerprint density at radius 2 is 1.58 bits per heavy atom. The van der Waals surface area contributed by atoms with Crippen LogP contribution in [0.3, 0.4) is 0 Å². The van der Waals surface area contributed by atoms with Crippen molar-refractivity contribution in [2.45, 2.75) is 96.6 Å². The summed E-state index contributed by atoms with van der Waals surface area (Å²) in [5.74, 6) is 1.06. The quantitative estimate of drug-likeness (QED) is 0.263. The number of unbranched alkanes of at least 4 members (excludes halogenated alkanes) is 6. The molecule has 0 radical (unpaired) electrons. The normalized spacial score (nSPS) is 16.8. The monoisotopic (exact) mass is 526 g/mol. The van der Waals surface area contributed by atoms with E-state index in [1.807, 2.05) is 24.4 Å². The minimum atomic E-state index is -0.445. The van der Waals surface area contributed by atoms with E-state index in [9.17, 15) is 15.0 Å². The summed E-state index contributed by atoms with van der Waals surface area (Å²) in [5, 5.41) is 21.8. The predicted octanol–water partition coefficient (Wildman–Crippen LogP) is 5.05. The number of fused-ring (bicyclic) bond motifs is 1. The third kappa shape index (κ3) is 7.65. The molecule has 8 heteroatoms. The molecule has 1 fully saturated rings. The number of hydrogen-bond donors (Lipinski definition) is 2. The maximum absolute atomic E-state index is 12.8. The van der Waals surface area contributed by atoms with Crippen LogP contribution in [0.15, 0.2) is 24.4 Å². The molecule has 0 amide bonds. The van der Waals surface area contributed by atoms with Gasteiger partial charge in [-0.25, -0.2) is 4.98 Å². The third-order valence-corrected chi connectivity index (χ3v) is 8.00. The van der Waals surface area contributed by atoms with Crippen LogP contribution < -0.4 is 4.90 Å². The Bertz CT molecular complexity index is 972. The van der Waals surface area contributed by atoms with Crippen LogP contribution in [0, 0.1) is 0 Å². The fourth-order valence-electron chi connectivity index (χ4n) is 5.79. The van der Waals surface area contributed by atoms with Gasteiger partial charge in [0.15, 0.2) is 11.8 Å². The molecule has 1 atom stereocenters. The molecule has 38 heavy (non-hydrogen) atoms. The van der Waals surface area contributed by atoms with Gasteiger partial charge in [-0.1, -0.05) is 51.5 Å². The van der Waals surface area contributed by atoms with Crippen molar-refractivity contribution in [2.75, 3.05) is 37.6 Å². The summed E-state index contributed by atoms with van der Waals surface area (Å²) in [6.07, 6.45) is 13.4. The molecular weight excluding hydrogens is 480 g/mol. The second-order valence-electron chi connectivity index (χ2n) is 10.9. The van der Waals surface area contributed by atoms with E-state index in [4.69, 9.17) is 4.74 Å². The van der Waals surface area contributed by atoms with E-state index in [1.54, 1.807) is 4.57 Å². The number of aromatic nitrogens is 2. The first kappa shape index (κ1) is 28.3. The zero-order valence-corrected chi connectivity index (χ0v) is 23.1. The van der Waals surface area contributed by atoms with Crippen molar-refractivity contribution in [2.24, 2.45) is 0 Å². The lowest BCUT2D eigenvalue weighted by Gasteiger charge is -2.37. The number of esters is 1. The van der Waals surface area contributed by atoms with Gasteiger partial charge in [0.25, 0.3) is 0 Å². The van der Waals surface area contributed by atoms with E-state index in [2.05, 4.69) is 21.7 Å². The lowest BCUT2D eigenvalue weighted by atomic mass is 9.95. The summed E-state index contributed by atoms with van der Waals surface area (Å²) in [4.78, 5) is 21.9. The smallest absolute Gasteiger partial charge is 0.306 e. The molecule has 3 heterocycles. The van der Waals surface area contributed by atoms with Gasteiger partial charge in [-0.2, -0.15) is 0 Å². The van der Waals surface area contributed by atoms with Crippen LogP contribution in [-0.4, -0.2) is 69.5 Å². The van der Waals surface area contributed by atoms with Crippen LogP contribution in [0.5, 0.6) is 11.8 Å². The molecular formula is C30H46N4O4. The number of ether oxygens (including phenoxy) is 1. The Hall–Kier alpha value is -2.74. The summed E-state index contributed by atoms with van der Waals surface area (Å²) in [5.41, 5.74) is 1.71. The summed E-state index contributed by atoms with van der Waals surface area (Å²) < 4.78 is 7.57. The fraction of sp³-hybridized carbons (Fsp3) is 0.667. The highest BCUT2D eigenvalue weighted by molar-refractivity contribution is 5.69. The van der Waals surface area contributed by atoms with Crippen LogP contribution in [0.1, 0.15) is 82.3 Å². The molecule has 1 aliphatic heterocycles. The molecule has 2 aromatic heterocycles. The highest BCUT2D eigenvalue weighted by Crippen LogP contribution is 2.39. The largest absolute Gasteiger partial charge is 0.494 e. The average molecular weight is 527 g/mol. The molecule has 2 N–H and O–H groups in total. The van der Waals surface area contributed by atoms with Crippen molar-refractivity contribution in [1.29, 1.82) is 0 Å². The highest BCUT2D eigenvalue weighted by atomic mass is 16.5. The second kappa shape index (κ2) is 14.4. The number of aromatic hydroxyl groups is 2. The summed E-state index contributed by atoms with van der Waals surface area (Å²) in [6, 6.07) is 5.96. The lowest BCUT2D eigenvalue weighted by molar-refractivity contribution is -0.151. The SMILES string of the molecule is CCCCCCCCCC(=O)OC(CN1CCN(c2ccccn2)CC1)Cn1c(O)c2c(c1O)CCCC2. The Morgan fingerprint density at radius 1 is 0.921 bits per heavy atom. The van der Waals surface area contributed by atoms with Crippen LogP contribution in [0.25, 0.3) is 0 Å². The zero-order valence-electron chi connectivity index (χ0n) is 23.1. The number of piperazine rings is 1. The fourth-order valence-corrected chi connectivity index (χ4v) is 5.79. The second-order valence-corrected chi connectivity index (χ2v) is 10.9. The Balaban J connectivity index is 1.35. The predicted molar refractivity (Wildman–Crippen MR) is 150 cm³/mol. The molecule has 2 aliphatic rings. The van der Waals surface area contributed by atoms with Crippen molar-refractivity contribution < 1.29 is 19.7 Å². The van der Waals surface area contributed by atoms with Gasteiger partial charge in [0, 0.05) is 56.5 Å². The van der Waals surface area contributed by atoms with Gasteiger partial charge in [-0.05, 0) is 44.2 Å². The molecule has 1 saturated heterocycles. The molecule has 0 bridgehead atoms. The topological polar surface area (TPSA) is 91.1 Å². The average Bonchev–Trinajstić information content (AvgIpc) is 3.18. The Morgan fingerprint density at radius 3 is 2.21 bits per heavy atom.